The lowest BCUT2D eigenvalue weighted by Crippen LogP contribution is -2.31. The Bertz CT molecular complexity index is 830. The van der Waals surface area contributed by atoms with Crippen LogP contribution in [0.25, 0.3) is 0 Å². The number of carbonyl (C=O) groups is 2. The number of nitrogens with one attached hydrogen (secondary N) is 1. The molecule has 27 heavy (non-hydrogen) atoms. The first-order valence-electron chi connectivity index (χ1n) is 8.24. The molecule has 0 saturated heterocycles. The molecule has 0 bridgehead atoms. The van der Waals surface area contributed by atoms with Crippen molar-refractivity contribution in [2.75, 3.05) is 19.8 Å². The molecule has 0 aliphatic rings. The Morgan fingerprint density at radius 3 is 2.44 bits per heavy atom. The number of benzene rings is 2. The molecule has 0 aromatic heterocycles. The number of nitrogens with zero attached hydrogens (tertiary/aromatic N) is 1. The quantitative estimate of drug-likeness (QED) is 0.330. The molecule has 142 valence electrons. The zero-order valence-electron chi connectivity index (χ0n) is 15.1. The fourth-order valence-electron chi connectivity index (χ4n) is 2.40. The Hall–Kier alpha value is -3.42. The van der Waals surface area contributed by atoms with Crippen LogP contribution in [-0.4, -0.2) is 36.6 Å². The van der Waals surface area contributed by atoms with E-state index in [1.54, 1.807) is 0 Å². The van der Waals surface area contributed by atoms with Crippen molar-refractivity contribution in [3.8, 4) is 5.75 Å². The highest BCUT2D eigenvalue weighted by Crippen LogP contribution is 2.16. The van der Waals surface area contributed by atoms with Gasteiger partial charge < -0.3 is 14.8 Å². The van der Waals surface area contributed by atoms with Crippen LogP contribution in [0.4, 0.5) is 5.69 Å². The van der Waals surface area contributed by atoms with E-state index in [0.29, 0.717) is 5.75 Å². The Balaban J connectivity index is 1.72. The van der Waals surface area contributed by atoms with Crippen LogP contribution < -0.4 is 10.1 Å². The fourth-order valence-corrected chi connectivity index (χ4v) is 2.40. The average Bonchev–Trinajstić information content (AvgIpc) is 2.62. The summed E-state index contributed by atoms with van der Waals surface area (Å²) in [4.78, 5) is 33.7. The second-order valence-electron chi connectivity index (χ2n) is 5.88. The number of nitro benzene ring substituents is 1. The highest BCUT2D eigenvalue weighted by molar-refractivity contribution is 5.96. The molecule has 2 aromatic rings. The van der Waals surface area contributed by atoms with Crippen LogP contribution in [0.2, 0.25) is 0 Å². The first-order valence-corrected chi connectivity index (χ1v) is 8.24. The van der Waals surface area contributed by atoms with E-state index in [9.17, 15) is 19.7 Å². The van der Waals surface area contributed by atoms with Gasteiger partial charge >= 0.3 is 5.97 Å². The summed E-state index contributed by atoms with van der Waals surface area (Å²) in [7, 11) is 0. The standard InChI is InChI=1S/C19H20N2O6/c1-13-8-14(2)10-17(9-13)26-6-7-27-18(22)12-20-19(23)15-4-3-5-16(11-15)21(24)25/h3-5,8-11H,6-7,12H2,1-2H3,(H,20,23). The van der Waals surface area contributed by atoms with Crippen LogP contribution >= 0.6 is 0 Å². The van der Waals surface area contributed by atoms with Crippen LogP contribution in [0.15, 0.2) is 42.5 Å². The number of rotatable bonds is 8. The van der Waals surface area contributed by atoms with Crippen LogP contribution in [0.5, 0.6) is 5.75 Å². The van der Waals surface area contributed by atoms with Gasteiger partial charge in [-0.2, -0.15) is 0 Å². The molecule has 0 unspecified atom stereocenters. The van der Waals surface area contributed by atoms with Crippen LogP contribution in [0.3, 0.4) is 0 Å². The summed E-state index contributed by atoms with van der Waals surface area (Å²) < 4.78 is 10.5. The zero-order valence-corrected chi connectivity index (χ0v) is 15.1. The maximum atomic E-state index is 11.9. The maximum Gasteiger partial charge on any atom is 0.325 e. The van der Waals surface area contributed by atoms with E-state index in [-0.39, 0.29) is 31.0 Å². The lowest BCUT2D eigenvalue weighted by molar-refractivity contribution is -0.384. The van der Waals surface area contributed by atoms with Crippen LogP contribution in [-0.2, 0) is 9.53 Å². The normalized spacial score (nSPS) is 10.1. The molecule has 0 heterocycles. The largest absolute Gasteiger partial charge is 0.490 e. The number of ether oxygens (including phenoxy) is 2. The Kier molecular flexibility index (Phi) is 6.87. The number of hydrogen-bond acceptors (Lipinski definition) is 6. The molecule has 1 N–H and O–H groups in total. The zero-order chi connectivity index (χ0) is 19.8. The van der Waals surface area contributed by atoms with Crippen molar-refractivity contribution in [1.82, 2.24) is 5.32 Å². The van der Waals surface area contributed by atoms with Gasteiger partial charge in [-0.3, -0.25) is 19.7 Å². The van der Waals surface area contributed by atoms with Crippen molar-refractivity contribution in [2.45, 2.75) is 13.8 Å². The Morgan fingerprint density at radius 1 is 1.07 bits per heavy atom. The number of amides is 1. The van der Waals surface area contributed by atoms with Crippen LogP contribution in [0.1, 0.15) is 21.5 Å². The molecular weight excluding hydrogens is 352 g/mol. The fraction of sp³-hybridized carbons (Fsp3) is 0.263. The summed E-state index contributed by atoms with van der Waals surface area (Å²) in [5.41, 5.74) is 2.04. The summed E-state index contributed by atoms with van der Waals surface area (Å²) >= 11 is 0. The summed E-state index contributed by atoms with van der Waals surface area (Å²) in [5, 5.41) is 13.1. The van der Waals surface area contributed by atoms with Gasteiger partial charge in [0.1, 0.15) is 25.5 Å². The topological polar surface area (TPSA) is 108 Å². The SMILES string of the molecule is Cc1cc(C)cc(OCCOC(=O)CNC(=O)c2cccc([N+](=O)[O-])c2)c1. The minimum absolute atomic E-state index is 0.0402. The molecule has 0 fully saturated rings. The second-order valence-corrected chi connectivity index (χ2v) is 5.88. The summed E-state index contributed by atoms with van der Waals surface area (Å²) in [5.74, 6) is -0.525. The van der Waals surface area contributed by atoms with E-state index in [1.165, 1.54) is 18.2 Å². The lowest BCUT2D eigenvalue weighted by Gasteiger charge is -2.09. The molecule has 0 saturated carbocycles. The van der Waals surface area contributed by atoms with E-state index in [2.05, 4.69) is 5.32 Å². The van der Waals surface area contributed by atoms with E-state index in [4.69, 9.17) is 9.47 Å². The van der Waals surface area contributed by atoms with Crippen molar-refractivity contribution in [3.05, 3.63) is 69.3 Å². The number of hydrogen-bond donors (Lipinski definition) is 1. The third kappa shape index (κ3) is 6.43. The molecular formula is C19H20N2O6. The minimum Gasteiger partial charge on any atom is -0.490 e. The first kappa shape index (κ1) is 19.9. The van der Waals surface area contributed by atoms with Crippen molar-refractivity contribution in [3.63, 3.8) is 0 Å². The van der Waals surface area contributed by atoms with Crippen molar-refractivity contribution in [2.24, 2.45) is 0 Å². The van der Waals surface area contributed by atoms with E-state index >= 15 is 0 Å². The smallest absolute Gasteiger partial charge is 0.325 e. The molecule has 0 atom stereocenters. The highest BCUT2D eigenvalue weighted by atomic mass is 16.6. The summed E-state index contributed by atoms with van der Waals surface area (Å²) in [6.07, 6.45) is 0. The van der Waals surface area contributed by atoms with Crippen molar-refractivity contribution >= 4 is 17.6 Å². The minimum atomic E-state index is -0.627. The number of nitro groups is 1. The first-order chi connectivity index (χ1) is 12.8. The number of aryl methyl sites for hydroxylation is 2. The highest BCUT2D eigenvalue weighted by Gasteiger charge is 2.13. The van der Waals surface area contributed by atoms with Gasteiger partial charge in [-0.05, 0) is 43.2 Å². The number of esters is 1. The second kappa shape index (κ2) is 9.33. The van der Waals surface area contributed by atoms with Gasteiger partial charge in [-0.1, -0.05) is 12.1 Å². The molecule has 0 aliphatic carbocycles. The predicted molar refractivity (Wildman–Crippen MR) is 97.8 cm³/mol. The van der Waals surface area contributed by atoms with Crippen molar-refractivity contribution < 1.29 is 24.0 Å². The van der Waals surface area contributed by atoms with Crippen molar-refractivity contribution in [1.29, 1.82) is 0 Å². The number of non-ortho nitro benzene ring substituents is 1. The Labute approximate surface area is 156 Å². The van der Waals surface area contributed by atoms with Gasteiger partial charge in [0.05, 0.1) is 4.92 Å². The third-order valence-corrected chi connectivity index (χ3v) is 3.52. The molecule has 8 heteroatoms. The summed E-state index contributed by atoms with van der Waals surface area (Å²) in [6, 6.07) is 11.0. The van der Waals surface area contributed by atoms with E-state index < -0.39 is 16.8 Å². The predicted octanol–water partition coefficient (Wildman–Crippen LogP) is 2.56. The number of carbonyl (C=O) groups excluding carboxylic acids is 2. The maximum absolute atomic E-state index is 11.9. The molecule has 0 radical (unpaired) electrons. The molecule has 8 nitrogen and oxygen atoms in total. The molecule has 0 aliphatic heterocycles. The molecule has 1 amide bonds. The van der Waals surface area contributed by atoms with Gasteiger partial charge in [-0.15, -0.1) is 0 Å². The average molecular weight is 372 g/mol. The summed E-state index contributed by atoms with van der Waals surface area (Å²) in [6.45, 7) is 3.81. The van der Waals surface area contributed by atoms with Gasteiger partial charge in [0.2, 0.25) is 0 Å². The third-order valence-electron chi connectivity index (χ3n) is 3.52. The monoisotopic (exact) mass is 372 g/mol. The van der Waals surface area contributed by atoms with Crippen LogP contribution in [0, 0.1) is 24.0 Å². The van der Waals surface area contributed by atoms with E-state index in [0.717, 1.165) is 17.2 Å². The Morgan fingerprint density at radius 2 is 1.78 bits per heavy atom. The lowest BCUT2D eigenvalue weighted by atomic mass is 10.1. The molecule has 2 aromatic carbocycles. The van der Waals surface area contributed by atoms with Gasteiger partial charge in [-0.25, -0.2) is 0 Å². The molecule has 0 spiro atoms. The molecule has 2 rings (SSSR count). The van der Waals surface area contributed by atoms with Gasteiger partial charge in [0, 0.05) is 17.7 Å². The van der Waals surface area contributed by atoms with E-state index in [1.807, 2.05) is 32.0 Å². The van der Waals surface area contributed by atoms with Gasteiger partial charge in [0.25, 0.3) is 11.6 Å². The van der Waals surface area contributed by atoms with Gasteiger partial charge in [0.15, 0.2) is 0 Å².